The third-order valence-electron chi connectivity index (χ3n) is 4.03. The molecule has 0 radical (unpaired) electrons. The fraction of sp³-hybridized carbons (Fsp3) is 0.100. The molecule has 3 rings (SSSR count). The topological polar surface area (TPSA) is 44.0 Å². The zero-order valence-corrected chi connectivity index (χ0v) is 13.6. The third-order valence-corrected chi connectivity index (χ3v) is 4.03. The minimum Gasteiger partial charge on any atom is -0.289 e. The lowest BCUT2D eigenvalue weighted by Crippen LogP contribution is -2.22. The molecule has 24 heavy (non-hydrogen) atoms. The van der Waals surface area contributed by atoms with Gasteiger partial charge in [0.1, 0.15) is 5.56 Å². The number of hydrogen-bond acceptors (Lipinski definition) is 2. The zero-order chi connectivity index (χ0) is 17.1. The lowest BCUT2D eigenvalue weighted by Gasteiger charge is -2.07. The standard InChI is InChI=1S/C20H18N2O2/c1-15-19(18(23)14-13-16-9-5-3-6-10-16)20(24)22(21(15)2)17-11-7-4-8-12-17/h3-14H,1-2H3/b14-13+. The van der Waals surface area contributed by atoms with Crippen LogP contribution in [0.4, 0.5) is 0 Å². The van der Waals surface area contributed by atoms with Gasteiger partial charge >= 0.3 is 0 Å². The van der Waals surface area contributed by atoms with Crippen LogP contribution in [0.5, 0.6) is 0 Å². The summed E-state index contributed by atoms with van der Waals surface area (Å²) in [5.41, 5.74) is 2.20. The van der Waals surface area contributed by atoms with E-state index in [-0.39, 0.29) is 16.9 Å². The Bertz CT molecular complexity index is 949. The number of carbonyl (C=O) groups excluding carboxylic acids is 1. The van der Waals surface area contributed by atoms with Gasteiger partial charge in [-0.3, -0.25) is 14.3 Å². The lowest BCUT2D eigenvalue weighted by molar-refractivity contribution is 0.104. The summed E-state index contributed by atoms with van der Waals surface area (Å²) < 4.78 is 3.22. The first-order chi connectivity index (χ1) is 11.6. The van der Waals surface area contributed by atoms with Crippen molar-refractivity contribution in [2.45, 2.75) is 6.92 Å². The van der Waals surface area contributed by atoms with Crippen LogP contribution in [-0.4, -0.2) is 15.1 Å². The van der Waals surface area contributed by atoms with E-state index in [2.05, 4.69) is 0 Å². The molecule has 0 aliphatic heterocycles. The van der Waals surface area contributed by atoms with Crippen molar-refractivity contribution in [3.63, 3.8) is 0 Å². The molecule has 0 bridgehead atoms. The summed E-state index contributed by atoms with van der Waals surface area (Å²) in [5.74, 6) is -0.286. The minimum absolute atomic E-state index is 0.202. The van der Waals surface area contributed by atoms with Gasteiger partial charge < -0.3 is 0 Å². The van der Waals surface area contributed by atoms with Gasteiger partial charge in [0, 0.05) is 12.7 Å². The molecule has 0 N–H and O–H groups in total. The summed E-state index contributed by atoms with van der Waals surface area (Å²) >= 11 is 0. The average molecular weight is 318 g/mol. The van der Waals surface area contributed by atoms with Crippen LogP contribution in [0.15, 0.2) is 71.5 Å². The van der Waals surface area contributed by atoms with E-state index in [1.165, 1.54) is 10.8 Å². The number of hydrogen-bond donors (Lipinski definition) is 0. The highest BCUT2D eigenvalue weighted by Gasteiger charge is 2.20. The van der Waals surface area contributed by atoms with Crippen molar-refractivity contribution >= 4 is 11.9 Å². The van der Waals surface area contributed by atoms with E-state index >= 15 is 0 Å². The molecular weight excluding hydrogens is 300 g/mol. The Morgan fingerprint density at radius 1 is 0.958 bits per heavy atom. The Labute approximate surface area is 140 Å². The predicted octanol–water partition coefficient (Wildman–Crippen LogP) is 3.38. The second-order valence-electron chi connectivity index (χ2n) is 5.54. The van der Waals surface area contributed by atoms with E-state index in [9.17, 15) is 9.59 Å². The van der Waals surface area contributed by atoms with E-state index in [1.807, 2.05) is 60.7 Å². The molecule has 4 heteroatoms. The number of rotatable bonds is 4. The van der Waals surface area contributed by atoms with E-state index in [1.54, 1.807) is 24.7 Å². The van der Waals surface area contributed by atoms with Crippen molar-refractivity contribution in [2.75, 3.05) is 0 Å². The molecule has 0 saturated carbocycles. The highest BCUT2D eigenvalue weighted by atomic mass is 16.2. The normalized spacial score (nSPS) is 11.1. The van der Waals surface area contributed by atoms with Crippen LogP contribution in [0.2, 0.25) is 0 Å². The van der Waals surface area contributed by atoms with Gasteiger partial charge in [-0.15, -0.1) is 0 Å². The van der Waals surface area contributed by atoms with Gasteiger partial charge in [0.05, 0.1) is 5.69 Å². The average Bonchev–Trinajstić information content (AvgIpc) is 2.84. The first kappa shape index (κ1) is 15.7. The number of benzene rings is 2. The minimum atomic E-state index is -0.302. The van der Waals surface area contributed by atoms with E-state index in [0.717, 1.165) is 11.3 Å². The molecule has 0 amide bonds. The van der Waals surface area contributed by atoms with Gasteiger partial charge in [-0.2, -0.15) is 0 Å². The zero-order valence-electron chi connectivity index (χ0n) is 13.6. The van der Waals surface area contributed by atoms with Gasteiger partial charge in [0.15, 0.2) is 5.78 Å². The number of nitrogens with zero attached hydrogens (tertiary/aromatic N) is 2. The smallest absolute Gasteiger partial charge is 0.282 e. The predicted molar refractivity (Wildman–Crippen MR) is 95.6 cm³/mol. The van der Waals surface area contributed by atoms with E-state index in [4.69, 9.17) is 0 Å². The maximum atomic E-state index is 12.8. The van der Waals surface area contributed by atoms with Crippen LogP contribution in [0.3, 0.4) is 0 Å². The fourth-order valence-electron chi connectivity index (χ4n) is 2.67. The second-order valence-corrected chi connectivity index (χ2v) is 5.54. The van der Waals surface area contributed by atoms with Crippen LogP contribution >= 0.6 is 0 Å². The van der Waals surface area contributed by atoms with Gasteiger partial charge in [0.25, 0.3) is 5.56 Å². The molecule has 0 spiro atoms. The number of para-hydroxylation sites is 1. The first-order valence-electron chi connectivity index (χ1n) is 7.71. The molecule has 0 fully saturated rings. The van der Waals surface area contributed by atoms with Crippen LogP contribution in [0.1, 0.15) is 21.6 Å². The van der Waals surface area contributed by atoms with E-state index in [0.29, 0.717) is 5.69 Å². The van der Waals surface area contributed by atoms with Crippen LogP contribution in [0.25, 0.3) is 11.8 Å². The molecule has 3 aromatic rings. The highest BCUT2D eigenvalue weighted by molar-refractivity contribution is 6.07. The summed E-state index contributed by atoms with van der Waals surface area (Å²) in [5, 5.41) is 0. The summed E-state index contributed by atoms with van der Waals surface area (Å²) in [6.07, 6.45) is 3.18. The molecular formula is C20H18N2O2. The Morgan fingerprint density at radius 3 is 2.17 bits per heavy atom. The maximum absolute atomic E-state index is 12.8. The Morgan fingerprint density at radius 2 is 1.54 bits per heavy atom. The van der Waals surface area contributed by atoms with Crippen LogP contribution in [-0.2, 0) is 7.05 Å². The Hall–Kier alpha value is -3.14. The molecule has 1 heterocycles. The van der Waals surface area contributed by atoms with Crippen molar-refractivity contribution in [3.05, 3.63) is 93.9 Å². The van der Waals surface area contributed by atoms with E-state index < -0.39 is 0 Å². The Balaban J connectivity index is 2.02. The lowest BCUT2D eigenvalue weighted by atomic mass is 10.1. The quantitative estimate of drug-likeness (QED) is 0.547. The third kappa shape index (κ3) is 2.86. The van der Waals surface area contributed by atoms with Crippen molar-refractivity contribution < 1.29 is 4.79 Å². The molecule has 0 unspecified atom stereocenters. The summed E-state index contributed by atoms with van der Waals surface area (Å²) in [6, 6.07) is 18.8. The van der Waals surface area contributed by atoms with Crippen molar-refractivity contribution in [1.29, 1.82) is 0 Å². The van der Waals surface area contributed by atoms with Gasteiger partial charge in [-0.05, 0) is 30.7 Å². The van der Waals surface area contributed by atoms with Crippen molar-refractivity contribution in [2.24, 2.45) is 7.05 Å². The van der Waals surface area contributed by atoms with Crippen LogP contribution < -0.4 is 5.56 Å². The maximum Gasteiger partial charge on any atom is 0.282 e. The number of ketones is 1. The first-order valence-corrected chi connectivity index (χ1v) is 7.71. The van der Waals surface area contributed by atoms with Gasteiger partial charge in [-0.25, -0.2) is 4.68 Å². The summed E-state index contributed by atoms with van der Waals surface area (Å²) in [4.78, 5) is 25.3. The highest BCUT2D eigenvalue weighted by Crippen LogP contribution is 2.12. The molecule has 0 atom stereocenters. The summed E-state index contributed by atoms with van der Waals surface area (Å²) in [6.45, 7) is 1.78. The van der Waals surface area contributed by atoms with Crippen molar-refractivity contribution in [3.8, 4) is 5.69 Å². The molecule has 0 saturated heterocycles. The van der Waals surface area contributed by atoms with Gasteiger partial charge in [-0.1, -0.05) is 54.6 Å². The monoisotopic (exact) mass is 318 g/mol. The molecule has 0 aliphatic carbocycles. The molecule has 0 aliphatic rings. The number of allylic oxidation sites excluding steroid dienone is 1. The number of aromatic nitrogens is 2. The molecule has 4 nitrogen and oxygen atoms in total. The Kier molecular flexibility index (Phi) is 4.29. The second kappa shape index (κ2) is 6.54. The van der Waals surface area contributed by atoms with Gasteiger partial charge in [0.2, 0.25) is 0 Å². The fourth-order valence-corrected chi connectivity index (χ4v) is 2.67. The SMILES string of the molecule is Cc1c(C(=O)/C=C/c2ccccc2)c(=O)n(-c2ccccc2)n1C. The largest absolute Gasteiger partial charge is 0.289 e. The van der Waals surface area contributed by atoms with Crippen LogP contribution in [0, 0.1) is 6.92 Å². The molecule has 120 valence electrons. The molecule has 1 aromatic heterocycles. The summed E-state index contributed by atoms with van der Waals surface area (Å²) in [7, 11) is 1.78. The molecule has 2 aromatic carbocycles. The van der Waals surface area contributed by atoms with Crippen molar-refractivity contribution in [1.82, 2.24) is 9.36 Å². The number of carbonyl (C=O) groups is 1.